The minimum absolute atomic E-state index is 0.346. The molecule has 4 heteroatoms. The van der Waals surface area contributed by atoms with Crippen molar-refractivity contribution >= 4 is 12.0 Å². The highest BCUT2D eigenvalue weighted by atomic mass is 16.5. The third-order valence-electron chi connectivity index (χ3n) is 4.99. The van der Waals surface area contributed by atoms with E-state index in [-0.39, 0.29) is 5.97 Å². The SMILES string of the molecule is COC(=O)/C=C/c1ccc(OCCCCCCCCCCCC[N+](C)(C)C)cc1. The molecule has 0 aliphatic heterocycles. The standard InChI is InChI=1S/C25H42NO3/c1-26(2,3)21-13-11-9-7-5-6-8-10-12-14-22-29-24-18-15-23(16-19-24)17-20-25(27)28-4/h15-20H,5-14,21-22H2,1-4H3/q+1/b20-17+. The zero-order chi connectivity index (χ0) is 21.4. The summed E-state index contributed by atoms with van der Waals surface area (Å²) in [5, 5.41) is 0. The minimum atomic E-state index is -0.346. The number of carbonyl (C=O) groups excluding carboxylic acids is 1. The van der Waals surface area contributed by atoms with Gasteiger partial charge in [0.25, 0.3) is 0 Å². The Labute approximate surface area is 178 Å². The van der Waals surface area contributed by atoms with Gasteiger partial charge in [0.15, 0.2) is 0 Å². The number of methoxy groups -OCH3 is 1. The Bertz CT molecular complexity index is 573. The van der Waals surface area contributed by atoms with Crippen LogP contribution in [0.25, 0.3) is 6.08 Å². The summed E-state index contributed by atoms with van der Waals surface area (Å²) in [5.74, 6) is 0.534. The van der Waals surface area contributed by atoms with Crippen molar-refractivity contribution in [2.75, 3.05) is 41.4 Å². The molecule has 0 N–H and O–H groups in total. The Morgan fingerprint density at radius 1 is 0.828 bits per heavy atom. The Balaban J connectivity index is 1.94. The zero-order valence-electron chi connectivity index (χ0n) is 19.1. The van der Waals surface area contributed by atoms with E-state index in [2.05, 4.69) is 25.9 Å². The van der Waals surface area contributed by atoms with Crippen molar-refractivity contribution < 1.29 is 18.8 Å². The van der Waals surface area contributed by atoms with Crippen LogP contribution >= 0.6 is 0 Å². The van der Waals surface area contributed by atoms with Crippen molar-refractivity contribution in [1.82, 2.24) is 0 Å². The first-order valence-corrected chi connectivity index (χ1v) is 11.2. The zero-order valence-corrected chi connectivity index (χ0v) is 19.1. The van der Waals surface area contributed by atoms with Gasteiger partial charge in [-0.1, -0.05) is 57.1 Å². The first kappa shape index (κ1) is 25.2. The van der Waals surface area contributed by atoms with Gasteiger partial charge in [-0.15, -0.1) is 0 Å². The highest BCUT2D eigenvalue weighted by Gasteiger charge is 2.05. The van der Waals surface area contributed by atoms with Crippen molar-refractivity contribution in [3.8, 4) is 5.75 Å². The molecule has 4 nitrogen and oxygen atoms in total. The normalized spacial score (nSPS) is 11.7. The lowest BCUT2D eigenvalue weighted by Crippen LogP contribution is -2.35. The number of quaternary nitrogens is 1. The molecule has 0 radical (unpaired) electrons. The van der Waals surface area contributed by atoms with Crippen LogP contribution in [0.5, 0.6) is 5.75 Å². The predicted octanol–water partition coefficient (Wildman–Crippen LogP) is 5.86. The van der Waals surface area contributed by atoms with Gasteiger partial charge in [0.2, 0.25) is 0 Å². The molecule has 0 aromatic heterocycles. The summed E-state index contributed by atoms with van der Waals surface area (Å²) < 4.78 is 11.5. The predicted molar refractivity (Wildman–Crippen MR) is 122 cm³/mol. The summed E-state index contributed by atoms with van der Waals surface area (Å²) in [6.07, 6.45) is 16.4. The van der Waals surface area contributed by atoms with E-state index in [4.69, 9.17) is 4.74 Å². The first-order valence-electron chi connectivity index (χ1n) is 11.2. The number of unbranched alkanes of at least 4 members (excludes halogenated alkanes) is 9. The molecule has 0 atom stereocenters. The third kappa shape index (κ3) is 14.8. The molecule has 0 amide bonds. The Morgan fingerprint density at radius 3 is 1.86 bits per heavy atom. The highest BCUT2D eigenvalue weighted by Crippen LogP contribution is 2.15. The Morgan fingerprint density at radius 2 is 1.34 bits per heavy atom. The number of benzene rings is 1. The Hall–Kier alpha value is -1.81. The van der Waals surface area contributed by atoms with Gasteiger partial charge >= 0.3 is 5.97 Å². The number of ether oxygens (including phenoxy) is 2. The van der Waals surface area contributed by atoms with Crippen LogP contribution in [0.4, 0.5) is 0 Å². The van der Waals surface area contributed by atoms with Crippen molar-refractivity contribution in [2.24, 2.45) is 0 Å². The second kappa shape index (κ2) is 15.1. The van der Waals surface area contributed by atoms with E-state index < -0.39 is 0 Å². The van der Waals surface area contributed by atoms with Crippen LogP contribution in [-0.4, -0.2) is 51.9 Å². The molecular weight excluding hydrogens is 362 g/mol. The molecule has 1 aromatic rings. The van der Waals surface area contributed by atoms with Crippen LogP contribution in [0.3, 0.4) is 0 Å². The van der Waals surface area contributed by atoms with Gasteiger partial charge in [-0.05, 0) is 43.0 Å². The summed E-state index contributed by atoms with van der Waals surface area (Å²) in [4.78, 5) is 11.1. The van der Waals surface area contributed by atoms with Gasteiger partial charge in [0.1, 0.15) is 5.75 Å². The van der Waals surface area contributed by atoms with Gasteiger partial charge in [-0.3, -0.25) is 0 Å². The summed E-state index contributed by atoms with van der Waals surface area (Å²) in [7, 11) is 8.19. The monoisotopic (exact) mass is 404 g/mol. The fraction of sp³-hybridized carbons (Fsp3) is 0.640. The summed E-state index contributed by atoms with van der Waals surface area (Å²) in [5.41, 5.74) is 0.955. The second-order valence-electron chi connectivity index (χ2n) is 8.82. The largest absolute Gasteiger partial charge is 0.494 e. The van der Waals surface area contributed by atoms with Crippen LogP contribution in [0.2, 0.25) is 0 Å². The summed E-state index contributed by atoms with van der Waals surface area (Å²) in [6, 6.07) is 7.77. The van der Waals surface area contributed by atoms with Crippen molar-refractivity contribution in [2.45, 2.75) is 64.2 Å². The average molecular weight is 405 g/mol. The molecular formula is C25H42NO3+. The van der Waals surface area contributed by atoms with E-state index in [1.807, 2.05) is 24.3 Å². The number of hydrogen-bond acceptors (Lipinski definition) is 3. The first-order chi connectivity index (χ1) is 13.9. The van der Waals surface area contributed by atoms with E-state index in [0.29, 0.717) is 0 Å². The van der Waals surface area contributed by atoms with E-state index in [1.54, 1.807) is 6.08 Å². The number of rotatable bonds is 16. The van der Waals surface area contributed by atoms with Crippen LogP contribution < -0.4 is 4.74 Å². The fourth-order valence-electron chi connectivity index (χ4n) is 3.20. The molecule has 0 saturated heterocycles. The second-order valence-corrected chi connectivity index (χ2v) is 8.82. The molecule has 0 saturated carbocycles. The lowest BCUT2D eigenvalue weighted by Gasteiger charge is -2.23. The molecule has 1 rings (SSSR count). The van der Waals surface area contributed by atoms with E-state index in [9.17, 15) is 4.79 Å². The maximum atomic E-state index is 11.1. The van der Waals surface area contributed by atoms with Crippen LogP contribution in [0.15, 0.2) is 30.3 Å². The van der Waals surface area contributed by atoms with E-state index in [0.717, 1.165) is 28.8 Å². The molecule has 1 aromatic carbocycles. The van der Waals surface area contributed by atoms with Gasteiger partial charge in [-0.2, -0.15) is 0 Å². The Kier molecular flexibility index (Phi) is 13.1. The van der Waals surface area contributed by atoms with E-state index >= 15 is 0 Å². The molecule has 0 heterocycles. The number of esters is 1. The maximum Gasteiger partial charge on any atom is 0.330 e. The maximum absolute atomic E-state index is 11.1. The number of nitrogens with zero attached hydrogens (tertiary/aromatic N) is 1. The quantitative estimate of drug-likeness (QED) is 0.150. The van der Waals surface area contributed by atoms with Crippen LogP contribution in [0.1, 0.15) is 69.8 Å². The molecule has 164 valence electrons. The van der Waals surface area contributed by atoms with Gasteiger partial charge in [0, 0.05) is 6.08 Å². The molecule has 0 aliphatic rings. The summed E-state index contributed by atoms with van der Waals surface area (Å²) >= 11 is 0. The molecule has 0 fully saturated rings. The van der Waals surface area contributed by atoms with Gasteiger partial charge in [0.05, 0.1) is 41.4 Å². The summed E-state index contributed by atoms with van der Waals surface area (Å²) in [6.45, 7) is 2.06. The van der Waals surface area contributed by atoms with Gasteiger partial charge in [-0.25, -0.2) is 4.79 Å². The fourth-order valence-corrected chi connectivity index (χ4v) is 3.20. The third-order valence-corrected chi connectivity index (χ3v) is 4.99. The lowest BCUT2D eigenvalue weighted by atomic mass is 10.1. The molecule has 0 unspecified atom stereocenters. The minimum Gasteiger partial charge on any atom is -0.494 e. The lowest BCUT2D eigenvalue weighted by molar-refractivity contribution is -0.870. The van der Waals surface area contributed by atoms with Crippen molar-refractivity contribution in [3.05, 3.63) is 35.9 Å². The van der Waals surface area contributed by atoms with E-state index in [1.165, 1.54) is 77.5 Å². The topological polar surface area (TPSA) is 35.5 Å². The van der Waals surface area contributed by atoms with Gasteiger partial charge < -0.3 is 14.0 Å². The highest BCUT2D eigenvalue weighted by molar-refractivity contribution is 5.86. The molecule has 0 bridgehead atoms. The van der Waals surface area contributed by atoms with Crippen molar-refractivity contribution in [1.29, 1.82) is 0 Å². The van der Waals surface area contributed by atoms with Crippen molar-refractivity contribution in [3.63, 3.8) is 0 Å². The molecule has 0 aliphatic carbocycles. The molecule has 29 heavy (non-hydrogen) atoms. The average Bonchev–Trinajstić information content (AvgIpc) is 2.69. The number of hydrogen-bond donors (Lipinski definition) is 0. The molecule has 0 spiro atoms. The number of carbonyl (C=O) groups is 1. The van der Waals surface area contributed by atoms with Crippen LogP contribution in [0, 0.1) is 0 Å². The smallest absolute Gasteiger partial charge is 0.330 e. The van der Waals surface area contributed by atoms with Crippen LogP contribution in [-0.2, 0) is 9.53 Å².